The van der Waals surface area contributed by atoms with Crippen molar-refractivity contribution in [1.29, 1.82) is 5.26 Å². The van der Waals surface area contributed by atoms with E-state index in [0.29, 0.717) is 37.6 Å². The summed E-state index contributed by atoms with van der Waals surface area (Å²) in [5, 5.41) is 8.93. The van der Waals surface area contributed by atoms with Crippen LogP contribution in [0.1, 0.15) is 29.2 Å². The van der Waals surface area contributed by atoms with Gasteiger partial charge in [0.15, 0.2) is 0 Å². The summed E-state index contributed by atoms with van der Waals surface area (Å²) >= 11 is 0. The molecule has 0 spiro atoms. The summed E-state index contributed by atoms with van der Waals surface area (Å²) < 4.78 is 27.9. The zero-order valence-electron chi connectivity index (χ0n) is 15.3. The molecule has 0 bridgehead atoms. The molecule has 0 unspecified atom stereocenters. The van der Waals surface area contributed by atoms with Gasteiger partial charge in [0.2, 0.25) is 10.0 Å². The van der Waals surface area contributed by atoms with E-state index in [2.05, 4.69) is 11.0 Å². The van der Waals surface area contributed by atoms with E-state index in [-0.39, 0.29) is 5.92 Å². The Labute approximate surface area is 145 Å². The Hall–Kier alpha value is -1.42. The van der Waals surface area contributed by atoms with Crippen LogP contribution >= 0.6 is 0 Å². The number of aryl methyl sites for hydroxylation is 2. The Morgan fingerprint density at radius 1 is 1.08 bits per heavy atom. The van der Waals surface area contributed by atoms with Crippen LogP contribution < -0.4 is 0 Å². The molecular formula is C18H27N3O2S. The Bertz CT molecular complexity index is 731. The molecule has 1 atom stereocenters. The summed E-state index contributed by atoms with van der Waals surface area (Å²) in [6.07, 6.45) is 0. The SMILES string of the molecule is Cc1cc(C)c(C)c(S(=O)(=O)N2CCN(C[C@H](C)C#N)CC2)c1C. The molecule has 1 aromatic carbocycles. The summed E-state index contributed by atoms with van der Waals surface area (Å²) in [7, 11) is -3.48. The Morgan fingerprint density at radius 3 is 2.04 bits per heavy atom. The second kappa shape index (κ2) is 7.22. The molecule has 2 rings (SSSR count). The third-order valence-electron chi connectivity index (χ3n) is 4.98. The van der Waals surface area contributed by atoms with Gasteiger partial charge in [-0.2, -0.15) is 9.57 Å². The van der Waals surface area contributed by atoms with Crippen molar-refractivity contribution in [3.8, 4) is 6.07 Å². The Morgan fingerprint density at radius 2 is 1.58 bits per heavy atom. The molecule has 0 aromatic heterocycles. The Kier molecular flexibility index (Phi) is 5.69. The van der Waals surface area contributed by atoms with Crippen molar-refractivity contribution >= 4 is 10.0 Å². The fraction of sp³-hybridized carbons (Fsp3) is 0.611. The summed E-state index contributed by atoms with van der Waals surface area (Å²) in [6.45, 7) is 12.6. The topological polar surface area (TPSA) is 64.4 Å². The number of nitrogens with zero attached hydrogens (tertiary/aromatic N) is 3. The van der Waals surface area contributed by atoms with Gasteiger partial charge in [-0.3, -0.25) is 4.90 Å². The smallest absolute Gasteiger partial charge is 0.243 e. The van der Waals surface area contributed by atoms with Crippen molar-refractivity contribution in [3.63, 3.8) is 0 Å². The van der Waals surface area contributed by atoms with E-state index < -0.39 is 10.0 Å². The van der Waals surface area contributed by atoms with Gasteiger partial charge in [0.25, 0.3) is 0 Å². The van der Waals surface area contributed by atoms with Gasteiger partial charge in [-0.05, 0) is 56.9 Å². The van der Waals surface area contributed by atoms with Gasteiger partial charge < -0.3 is 0 Å². The van der Waals surface area contributed by atoms with E-state index in [0.717, 1.165) is 22.3 Å². The van der Waals surface area contributed by atoms with Crippen molar-refractivity contribution < 1.29 is 8.42 Å². The molecule has 0 amide bonds. The van der Waals surface area contributed by atoms with E-state index in [1.807, 2.05) is 40.7 Å². The number of piperazine rings is 1. The maximum absolute atomic E-state index is 13.2. The molecule has 6 heteroatoms. The van der Waals surface area contributed by atoms with E-state index in [1.54, 1.807) is 4.31 Å². The lowest BCUT2D eigenvalue weighted by Crippen LogP contribution is -2.49. The maximum Gasteiger partial charge on any atom is 0.243 e. The van der Waals surface area contributed by atoms with Crippen molar-refractivity contribution in [2.75, 3.05) is 32.7 Å². The number of rotatable bonds is 4. The van der Waals surface area contributed by atoms with Crippen LogP contribution in [0.4, 0.5) is 0 Å². The largest absolute Gasteiger partial charge is 0.299 e. The van der Waals surface area contributed by atoms with Crippen molar-refractivity contribution in [3.05, 3.63) is 28.3 Å². The highest BCUT2D eigenvalue weighted by atomic mass is 32.2. The molecular weight excluding hydrogens is 322 g/mol. The lowest BCUT2D eigenvalue weighted by molar-refractivity contribution is 0.178. The van der Waals surface area contributed by atoms with Crippen molar-refractivity contribution in [2.45, 2.75) is 39.5 Å². The highest BCUT2D eigenvalue weighted by Gasteiger charge is 2.31. The molecule has 1 aliphatic heterocycles. The highest BCUT2D eigenvalue weighted by Crippen LogP contribution is 2.29. The van der Waals surface area contributed by atoms with Gasteiger partial charge in [-0.1, -0.05) is 6.07 Å². The molecule has 0 aliphatic carbocycles. The minimum absolute atomic E-state index is 0.0305. The molecule has 0 radical (unpaired) electrons. The number of hydrogen-bond donors (Lipinski definition) is 0. The van der Waals surface area contributed by atoms with Crippen LogP contribution in [0.2, 0.25) is 0 Å². The summed E-state index contributed by atoms with van der Waals surface area (Å²) in [6, 6.07) is 4.28. The number of nitriles is 1. The number of hydrogen-bond acceptors (Lipinski definition) is 4. The van der Waals surface area contributed by atoms with Crippen molar-refractivity contribution in [2.24, 2.45) is 5.92 Å². The first-order valence-corrected chi connectivity index (χ1v) is 9.82. The zero-order chi connectivity index (χ0) is 18.1. The van der Waals surface area contributed by atoms with Crippen LogP contribution in [-0.2, 0) is 10.0 Å². The Balaban J connectivity index is 2.24. The monoisotopic (exact) mass is 349 g/mol. The van der Waals surface area contributed by atoms with E-state index >= 15 is 0 Å². The third-order valence-corrected chi connectivity index (χ3v) is 7.15. The normalized spacial score (nSPS) is 18.3. The van der Waals surface area contributed by atoms with Crippen LogP contribution in [0, 0.1) is 44.9 Å². The molecule has 1 aromatic rings. The van der Waals surface area contributed by atoms with Gasteiger partial charge in [0.1, 0.15) is 0 Å². The van der Waals surface area contributed by atoms with Crippen LogP contribution in [0.25, 0.3) is 0 Å². The standard InChI is InChI=1S/C18H27N3O2S/c1-13(11-19)12-20-6-8-21(9-7-20)24(22,23)18-16(4)14(2)10-15(3)17(18)5/h10,13H,6-9,12H2,1-5H3/t13-/m1/s1. The molecule has 1 heterocycles. The van der Waals surface area contributed by atoms with Crippen LogP contribution in [-0.4, -0.2) is 50.3 Å². The molecule has 0 saturated carbocycles. The van der Waals surface area contributed by atoms with Gasteiger partial charge >= 0.3 is 0 Å². The van der Waals surface area contributed by atoms with Gasteiger partial charge in [0, 0.05) is 32.7 Å². The fourth-order valence-corrected chi connectivity index (χ4v) is 5.28. The quantitative estimate of drug-likeness (QED) is 0.837. The summed E-state index contributed by atoms with van der Waals surface area (Å²) in [4.78, 5) is 2.64. The molecule has 0 N–H and O–H groups in total. The van der Waals surface area contributed by atoms with Gasteiger partial charge in [-0.25, -0.2) is 8.42 Å². The van der Waals surface area contributed by atoms with E-state index in [9.17, 15) is 8.42 Å². The maximum atomic E-state index is 13.2. The minimum atomic E-state index is -3.48. The highest BCUT2D eigenvalue weighted by molar-refractivity contribution is 7.89. The first kappa shape index (κ1) is 18.9. The predicted molar refractivity (Wildman–Crippen MR) is 95.4 cm³/mol. The third kappa shape index (κ3) is 3.64. The van der Waals surface area contributed by atoms with Gasteiger partial charge in [0.05, 0.1) is 16.9 Å². The number of sulfonamides is 1. The molecule has 5 nitrogen and oxygen atoms in total. The minimum Gasteiger partial charge on any atom is -0.299 e. The van der Waals surface area contributed by atoms with Crippen LogP contribution in [0.5, 0.6) is 0 Å². The average Bonchev–Trinajstić information content (AvgIpc) is 2.53. The second-order valence-corrected chi connectivity index (χ2v) is 8.70. The lowest BCUT2D eigenvalue weighted by atomic mass is 10.0. The van der Waals surface area contributed by atoms with E-state index in [1.165, 1.54) is 0 Å². The predicted octanol–water partition coefficient (Wildman–Crippen LogP) is 2.39. The fourth-order valence-electron chi connectivity index (χ4n) is 3.28. The van der Waals surface area contributed by atoms with Crippen LogP contribution in [0.3, 0.4) is 0 Å². The first-order chi connectivity index (χ1) is 11.2. The van der Waals surface area contributed by atoms with E-state index in [4.69, 9.17) is 5.26 Å². The first-order valence-electron chi connectivity index (χ1n) is 8.38. The number of benzene rings is 1. The summed E-state index contributed by atoms with van der Waals surface area (Å²) in [5.74, 6) is -0.0305. The molecule has 24 heavy (non-hydrogen) atoms. The molecule has 1 fully saturated rings. The average molecular weight is 350 g/mol. The van der Waals surface area contributed by atoms with Crippen molar-refractivity contribution in [1.82, 2.24) is 9.21 Å². The summed E-state index contributed by atoms with van der Waals surface area (Å²) in [5.41, 5.74) is 3.72. The molecule has 1 aliphatic rings. The lowest BCUT2D eigenvalue weighted by Gasteiger charge is -2.35. The molecule has 1 saturated heterocycles. The zero-order valence-corrected chi connectivity index (χ0v) is 16.1. The second-order valence-electron chi connectivity index (χ2n) is 6.82. The van der Waals surface area contributed by atoms with Crippen LogP contribution in [0.15, 0.2) is 11.0 Å². The molecule has 132 valence electrons. The van der Waals surface area contributed by atoms with Gasteiger partial charge in [-0.15, -0.1) is 0 Å².